The number of nitrogens with zero attached hydrogens (tertiary/aromatic N) is 3. The van der Waals surface area contributed by atoms with Gasteiger partial charge in [-0.05, 0) is 18.9 Å². The maximum atomic E-state index is 10.7. The molecule has 1 aliphatic heterocycles. The third kappa shape index (κ3) is 3.22. The van der Waals surface area contributed by atoms with Crippen LogP contribution in [0.1, 0.15) is 24.4 Å². The largest absolute Gasteiger partial charge is 0.383 e. The highest BCUT2D eigenvalue weighted by Crippen LogP contribution is 2.26. The normalized spacial score (nSPS) is 13.7. The number of nitro benzene ring substituents is 1. The van der Waals surface area contributed by atoms with Crippen LogP contribution in [0.5, 0.6) is 0 Å². The lowest BCUT2D eigenvalue weighted by atomic mass is 10.2. The molecule has 22 heavy (non-hydrogen) atoms. The molecular formula is C15H17ClN4O2. The van der Waals surface area contributed by atoms with Crippen LogP contribution in [0.25, 0.3) is 0 Å². The van der Waals surface area contributed by atoms with Gasteiger partial charge in [-0.1, -0.05) is 11.6 Å². The van der Waals surface area contributed by atoms with Gasteiger partial charge in [0.15, 0.2) is 0 Å². The van der Waals surface area contributed by atoms with E-state index in [1.54, 1.807) is 6.07 Å². The van der Waals surface area contributed by atoms with Gasteiger partial charge in [0.05, 0.1) is 21.3 Å². The second kappa shape index (κ2) is 6.36. The van der Waals surface area contributed by atoms with Crippen molar-refractivity contribution in [1.29, 1.82) is 0 Å². The standard InChI is InChI=1S/C15H17ClN4O2/c16-13-9-12(20(21)22)4-5-14(13)17-7-6-11-10-19-8-2-1-3-15(19)18-11/h4-5,9-10,17H,1-3,6-8H2. The molecule has 0 aliphatic carbocycles. The number of nitro groups is 1. The van der Waals surface area contributed by atoms with E-state index in [0.717, 1.165) is 25.1 Å². The van der Waals surface area contributed by atoms with Gasteiger partial charge in [-0.25, -0.2) is 4.98 Å². The van der Waals surface area contributed by atoms with Crippen LogP contribution in [0, 0.1) is 10.1 Å². The smallest absolute Gasteiger partial charge is 0.271 e. The molecule has 1 aromatic heterocycles. The fourth-order valence-electron chi connectivity index (χ4n) is 2.68. The van der Waals surface area contributed by atoms with Gasteiger partial charge in [0.25, 0.3) is 5.69 Å². The zero-order chi connectivity index (χ0) is 15.5. The quantitative estimate of drug-likeness (QED) is 0.676. The molecule has 6 nitrogen and oxygen atoms in total. The maximum absolute atomic E-state index is 10.7. The third-order valence-electron chi connectivity index (χ3n) is 3.82. The molecule has 0 amide bonds. The van der Waals surface area contributed by atoms with Gasteiger partial charge in [0, 0.05) is 44.3 Å². The number of hydrogen-bond acceptors (Lipinski definition) is 4. The predicted octanol–water partition coefficient (Wildman–Crippen LogP) is 3.44. The van der Waals surface area contributed by atoms with Crippen molar-refractivity contribution in [2.75, 3.05) is 11.9 Å². The van der Waals surface area contributed by atoms with E-state index in [9.17, 15) is 10.1 Å². The Morgan fingerprint density at radius 1 is 1.41 bits per heavy atom. The molecule has 1 N–H and O–H groups in total. The summed E-state index contributed by atoms with van der Waals surface area (Å²) in [5.41, 5.74) is 1.77. The topological polar surface area (TPSA) is 73.0 Å². The molecule has 0 unspecified atom stereocenters. The van der Waals surface area contributed by atoms with Crippen LogP contribution in [0.3, 0.4) is 0 Å². The summed E-state index contributed by atoms with van der Waals surface area (Å²) in [6.45, 7) is 1.75. The molecule has 2 aromatic rings. The average Bonchev–Trinajstić information content (AvgIpc) is 2.91. The Kier molecular flexibility index (Phi) is 4.29. The highest BCUT2D eigenvalue weighted by atomic mass is 35.5. The van der Waals surface area contributed by atoms with Crippen molar-refractivity contribution in [3.8, 4) is 0 Å². The first-order valence-electron chi connectivity index (χ1n) is 7.36. The predicted molar refractivity (Wildman–Crippen MR) is 85.5 cm³/mol. The number of aryl methyl sites for hydroxylation is 2. The lowest BCUT2D eigenvalue weighted by molar-refractivity contribution is -0.384. The van der Waals surface area contributed by atoms with E-state index >= 15 is 0 Å². The molecule has 0 saturated carbocycles. The maximum Gasteiger partial charge on any atom is 0.271 e. The lowest BCUT2D eigenvalue weighted by Gasteiger charge is -2.11. The number of halogens is 1. The summed E-state index contributed by atoms with van der Waals surface area (Å²) in [5, 5.41) is 14.2. The molecule has 2 heterocycles. The van der Waals surface area contributed by atoms with Crippen molar-refractivity contribution in [2.45, 2.75) is 32.2 Å². The van der Waals surface area contributed by atoms with E-state index < -0.39 is 4.92 Å². The first-order valence-corrected chi connectivity index (χ1v) is 7.74. The number of hydrogen-bond donors (Lipinski definition) is 1. The van der Waals surface area contributed by atoms with Gasteiger partial charge >= 0.3 is 0 Å². The summed E-state index contributed by atoms with van der Waals surface area (Å²) in [4.78, 5) is 14.9. The highest BCUT2D eigenvalue weighted by Gasteiger charge is 2.12. The highest BCUT2D eigenvalue weighted by molar-refractivity contribution is 6.33. The Balaban J connectivity index is 1.59. The Morgan fingerprint density at radius 3 is 3.00 bits per heavy atom. The number of non-ortho nitro benzene ring substituents is 1. The van der Waals surface area contributed by atoms with Crippen LogP contribution in [0.4, 0.5) is 11.4 Å². The van der Waals surface area contributed by atoms with Gasteiger partial charge in [0.1, 0.15) is 5.82 Å². The van der Waals surface area contributed by atoms with Gasteiger partial charge in [-0.15, -0.1) is 0 Å². The van der Waals surface area contributed by atoms with Gasteiger partial charge in [-0.2, -0.15) is 0 Å². The number of imidazole rings is 1. The number of benzene rings is 1. The fraction of sp³-hybridized carbons (Fsp3) is 0.400. The minimum Gasteiger partial charge on any atom is -0.383 e. The minimum atomic E-state index is -0.453. The van der Waals surface area contributed by atoms with Crippen LogP contribution in [0.2, 0.25) is 5.02 Å². The van der Waals surface area contributed by atoms with E-state index in [4.69, 9.17) is 11.6 Å². The van der Waals surface area contributed by atoms with Gasteiger partial charge in [-0.3, -0.25) is 10.1 Å². The van der Waals surface area contributed by atoms with Crippen molar-refractivity contribution in [3.63, 3.8) is 0 Å². The summed E-state index contributed by atoms with van der Waals surface area (Å²) < 4.78 is 2.23. The summed E-state index contributed by atoms with van der Waals surface area (Å²) in [6, 6.07) is 4.45. The van der Waals surface area contributed by atoms with Crippen molar-refractivity contribution >= 4 is 23.0 Å². The van der Waals surface area contributed by atoms with E-state index in [0.29, 0.717) is 17.3 Å². The summed E-state index contributed by atoms with van der Waals surface area (Å²) >= 11 is 6.05. The summed E-state index contributed by atoms with van der Waals surface area (Å²) in [5.74, 6) is 1.18. The Bertz CT molecular complexity index is 675. The lowest BCUT2D eigenvalue weighted by Crippen LogP contribution is -2.08. The SMILES string of the molecule is O=[N+]([O-])c1ccc(NCCc2cn3c(n2)CCCC3)c(Cl)c1. The molecule has 1 aromatic carbocycles. The second-order valence-electron chi connectivity index (χ2n) is 5.40. The average molecular weight is 321 g/mol. The Labute approximate surface area is 133 Å². The Morgan fingerprint density at radius 2 is 2.27 bits per heavy atom. The van der Waals surface area contributed by atoms with Crippen LogP contribution in [-0.2, 0) is 19.4 Å². The van der Waals surface area contributed by atoms with Gasteiger partial charge in [0.2, 0.25) is 0 Å². The molecule has 1 aliphatic rings. The number of anilines is 1. The van der Waals surface area contributed by atoms with Crippen molar-refractivity contribution in [3.05, 3.63) is 51.1 Å². The number of aromatic nitrogens is 2. The number of nitrogens with one attached hydrogen (secondary N) is 1. The molecule has 116 valence electrons. The van der Waals surface area contributed by atoms with E-state index in [-0.39, 0.29) is 5.69 Å². The number of fused-ring (bicyclic) bond motifs is 1. The van der Waals surface area contributed by atoms with Crippen LogP contribution >= 0.6 is 11.6 Å². The van der Waals surface area contributed by atoms with Crippen molar-refractivity contribution in [1.82, 2.24) is 9.55 Å². The molecule has 7 heteroatoms. The monoisotopic (exact) mass is 320 g/mol. The van der Waals surface area contributed by atoms with Crippen molar-refractivity contribution < 1.29 is 4.92 Å². The molecule has 3 rings (SSSR count). The van der Waals surface area contributed by atoms with Gasteiger partial charge < -0.3 is 9.88 Å². The summed E-state index contributed by atoms with van der Waals surface area (Å²) in [7, 11) is 0. The number of rotatable bonds is 5. The first-order chi connectivity index (χ1) is 10.6. The van der Waals surface area contributed by atoms with Crippen LogP contribution in [0.15, 0.2) is 24.4 Å². The Hall–Kier alpha value is -2.08. The second-order valence-corrected chi connectivity index (χ2v) is 5.80. The zero-order valence-electron chi connectivity index (χ0n) is 12.1. The van der Waals surface area contributed by atoms with Crippen molar-refractivity contribution in [2.24, 2.45) is 0 Å². The molecule has 0 saturated heterocycles. The molecule has 0 bridgehead atoms. The molecule has 0 spiro atoms. The van der Waals surface area contributed by atoms with E-state index in [1.165, 1.54) is 30.8 Å². The third-order valence-corrected chi connectivity index (χ3v) is 4.13. The van der Waals surface area contributed by atoms with Crippen LogP contribution < -0.4 is 5.32 Å². The molecule has 0 atom stereocenters. The van der Waals surface area contributed by atoms with E-state index in [1.807, 2.05) is 0 Å². The van der Waals surface area contributed by atoms with Crippen LogP contribution in [-0.4, -0.2) is 21.0 Å². The molecule has 0 radical (unpaired) electrons. The minimum absolute atomic E-state index is 0.00248. The zero-order valence-corrected chi connectivity index (χ0v) is 12.8. The fourth-order valence-corrected chi connectivity index (χ4v) is 2.92. The first kappa shape index (κ1) is 14.8. The van der Waals surface area contributed by atoms with E-state index in [2.05, 4.69) is 21.1 Å². The summed E-state index contributed by atoms with van der Waals surface area (Å²) in [6.07, 6.45) is 6.41. The molecule has 0 fully saturated rings. The molecular weight excluding hydrogens is 304 g/mol.